The maximum atomic E-state index is 12.0. The minimum absolute atomic E-state index is 0.0835. The molecule has 1 aromatic heterocycles. The fourth-order valence-corrected chi connectivity index (χ4v) is 2.88. The van der Waals surface area contributed by atoms with Gasteiger partial charge in [0, 0.05) is 25.5 Å². The average molecular weight is 267 g/mol. The summed E-state index contributed by atoms with van der Waals surface area (Å²) in [7, 11) is 0. The van der Waals surface area contributed by atoms with Crippen molar-refractivity contribution in [3.63, 3.8) is 0 Å². The second kappa shape index (κ2) is 4.76. The lowest BCUT2D eigenvalue weighted by Gasteiger charge is -2.16. The van der Waals surface area contributed by atoms with E-state index in [2.05, 4.69) is 4.98 Å². The Morgan fingerprint density at radius 3 is 2.56 bits per heavy atom. The molecule has 2 heterocycles. The van der Waals surface area contributed by atoms with Crippen molar-refractivity contribution in [2.45, 2.75) is 38.5 Å². The third-order valence-corrected chi connectivity index (χ3v) is 4.11. The van der Waals surface area contributed by atoms with Crippen LogP contribution in [0.3, 0.4) is 0 Å². The monoisotopic (exact) mass is 267 g/mol. The zero-order chi connectivity index (χ0) is 13.3. The van der Waals surface area contributed by atoms with E-state index >= 15 is 0 Å². The van der Waals surface area contributed by atoms with Crippen LogP contribution in [0.2, 0.25) is 0 Å². The van der Waals surface area contributed by atoms with Gasteiger partial charge in [-0.3, -0.25) is 14.5 Å². The van der Waals surface area contributed by atoms with Crippen molar-refractivity contribution >= 4 is 22.9 Å². The molecule has 98 valence electrons. The third kappa shape index (κ3) is 2.43. The molecule has 18 heavy (non-hydrogen) atoms. The topological polar surface area (TPSA) is 55.2 Å². The van der Waals surface area contributed by atoms with Gasteiger partial charge in [0.1, 0.15) is 5.82 Å². The second-order valence-corrected chi connectivity index (χ2v) is 6.43. The normalized spacial score (nSPS) is 18.7. The second-order valence-electron chi connectivity index (χ2n) is 4.86. The van der Waals surface area contributed by atoms with Crippen LogP contribution in [0.15, 0.2) is 12.4 Å². The molecule has 0 saturated carbocycles. The Kier molecular flexibility index (Phi) is 3.47. The summed E-state index contributed by atoms with van der Waals surface area (Å²) in [4.78, 5) is 29.2. The van der Waals surface area contributed by atoms with E-state index in [4.69, 9.17) is 0 Å². The first kappa shape index (κ1) is 13.1. The molecule has 0 atom stereocenters. The van der Waals surface area contributed by atoms with Crippen molar-refractivity contribution in [2.75, 3.05) is 6.54 Å². The largest absolute Gasteiger partial charge is 0.335 e. The van der Waals surface area contributed by atoms with E-state index in [1.807, 2.05) is 17.7 Å². The lowest BCUT2D eigenvalue weighted by Crippen LogP contribution is -2.36. The number of carbonyl (C=O) groups excluding carboxylic acids is 2. The first-order chi connectivity index (χ1) is 8.42. The molecule has 1 fully saturated rings. The van der Waals surface area contributed by atoms with Gasteiger partial charge in [-0.1, -0.05) is 0 Å². The number of rotatable bonds is 4. The summed E-state index contributed by atoms with van der Waals surface area (Å²) in [5.41, 5.74) is 0. The summed E-state index contributed by atoms with van der Waals surface area (Å²) in [6.07, 6.45) is 4.41. The number of hydrogen-bond donors (Lipinski definition) is 0. The molecule has 2 amide bonds. The number of hydrogen-bond acceptors (Lipinski definition) is 4. The number of thioether (sulfide) groups is 1. The number of aryl methyl sites for hydroxylation is 2. The van der Waals surface area contributed by atoms with Crippen molar-refractivity contribution in [1.82, 2.24) is 14.5 Å². The highest BCUT2D eigenvalue weighted by atomic mass is 32.2. The number of carbonyl (C=O) groups is 2. The lowest BCUT2D eigenvalue weighted by atomic mass is 10.2. The molecule has 0 radical (unpaired) electrons. The molecule has 1 aromatic rings. The van der Waals surface area contributed by atoms with Crippen LogP contribution in [0.4, 0.5) is 4.79 Å². The highest BCUT2D eigenvalue weighted by Crippen LogP contribution is 2.36. The molecule has 0 bridgehead atoms. The molecule has 1 aliphatic heterocycles. The van der Waals surface area contributed by atoms with Gasteiger partial charge in [-0.2, -0.15) is 0 Å². The summed E-state index contributed by atoms with van der Waals surface area (Å²) in [6.45, 7) is 6.76. The third-order valence-electron chi connectivity index (χ3n) is 3.03. The van der Waals surface area contributed by atoms with E-state index in [-0.39, 0.29) is 11.1 Å². The minimum atomic E-state index is -0.609. The maximum Gasteiger partial charge on any atom is 0.289 e. The smallest absolute Gasteiger partial charge is 0.289 e. The molecule has 0 aromatic carbocycles. The van der Waals surface area contributed by atoms with Gasteiger partial charge in [-0.15, -0.1) is 0 Å². The zero-order valence-electron chi connectivity index (χ0n) is 10.8. The first-order valence-electron chi connectivity index (χ1n) is 5.94. The van der Waals surface area contributed by atoms with E-state index in [1.165, 1.54) is 4.90 Å². The first-order valence-corrected chi connectivity index (χ1v) is 6.76. The van der Waals surface area contributed by atoms with Crippen molar-refractivity contribution in [1.29, 1.82) is 0 Å². The van der Waals surface area contributed by atoms with Crippen molar-refractivity contribution in [3.8, 4) is 0 Å². The number of aromatic nitrogens is 2. The van der Waals surface area contributed by atoms with E-state index in [9.17, 15) is 9.59 Å². The average Bonchev–Trinajstić information content (AvgIpc) is 2.75. The van der Waals surface area contributed by atoms with Crippen molar-refractivity contribution in [3.05, 3.63) is 18.2 Å². The Bertz CT molecular complexity index is 481. The van der Waals surface area contributed by atoms with Crippen LogP contribution >= 0.6 is 11.8 Å². The van der Waals surface area contributed by atoms with Gasteiger partial charge >= 0.3 is 0 Å². The minimum Gasteiger partial charge on any atom is -0.335 e. The molecule has 2 rings (SSSR count). The van der Waals surface area contributed by atoms with Crippen LogP contribution in [0, 0.1) is 6.92 Å². The standard InChI is InChI=1S/C12H17N3O2S/c1-9-13-5-8-14(9)6-4-7-15-10(16)12(2,3)18-11(15)17/h5,8H,4,6-7H2,1-3H3. The number of amides is 2. The van der Waals surface area contributed by atoms with Crippen LogP contribution < -0.4 is 0 Å². The lowest BCUT2D eigenvalue weighted by molar-refractivity contribution is -0.128. The molecular weight excluding hydrogens is 250 g/mol. The molecule has 0 N–H and O–H groups in total. The highest BCUT2D eigenvalue weighted by Gasteiger charge is 2.45. The van der Waals surface area contributed by atoms with Gasteiger partial charge in [-0.05, 0) is 39.0 Å². The fourth-order valence-electron chi connectivity index (χ4n) is 1.96. The van der Waals surface area contributed by atoms with Gasteiger partial charge in [-0.25, -0.2) is 4.98 Å². The molecule has 1 aliphatic rings. The van der Waals surface area contributed by atoms with E-state index in [1.54, 1.807) is 20.0 Å². The van der Waals surface area contributed by atoms with Gasteiger partial charge in [0.15, 0.2) is 0 Å². The van der Waals surface area contributed by atoms with E-state index in [0.29, 0.717) is 6.54 Å². The Labute approximate surface area is 111 Å². The Hall–Kier alpha value is -1.30. The Balaban J connectivity index is 1.90. The van der Waals surface area contributed by atoms with Crippen LogP contribution in [-0.4, -0.2) is 36.9 Å². The van der Waals surface area contributed by atoms with E-state index in [0.717, 1.165) is 30.6 Å². The maximum absolute atomic E-state index is 12.0. The molecular formula is C12H17N3O2S. The quantitative estimate of drug-likeness (QED) is 0.838. The predicted octanol–water partition coefficient (Wildman–Crippen LogP) is 2.06. The van der Waals surface area contributed by atoms with Crippen LogP contribution in [0.25, 0.3) is 0 Å². The number of imidazole rings is 1. The van der Waals surface area contributed by atoms with Crippen molar-refractivity contribution in [2.24, 2.45) is 0 Å². The molecule has 0 aliphatic carbocycles. The Morgan fingerprint density at radius 2 is 2.06 bits per heavy atom. The summed E-state index contributed by atoms with van der Waals surface area (Å²) in [5.74, 6) is 0.864. The summed E-state index contributed by atoms with van der Waals surface area (Å²) in [5, 5.41) is -0.132. The van der Waals surface area contributed by atoms with Crippen LogP contribution in [0.1, 0.15) is 26.1 Å². The van der Waals surface area contributed by atoms with Crippen LogP contribution in [0.5, 0.6) is 0 Å². The van der Waals surface area contributed by atoms with Crippen molar-refractivity contribution < 1.29 is 9.59 Å². The summed E-state index contributed by atoms with van der Waals surface area (Å²) in [6, 6.07) is 0. The van der Waals surface area contributed by atoms with Gasteiger partial charge in [0.2, 0.25) is 5.91 Å². The predicted molar refractivity (Wildman–Crippen MR) is 70.4 cm³/mol. The SMILES string of the molecule is Cc1nccn1CCCN1C(=O)SC(C)(C)C1=O. The fraction of sp³-hybridized carbons (Fsp3) is 0.583. The Morgan fingerprint density at radius 1 is 1.33 bits per heavy atom. The van der Waals surface area contributed by atoms with Gasteiger partial charge in [0.25, 0.3) is 5.24 Å². The van der Waals surface area contributed by atoms with Gasteiger partial charge < -0.3 is 4.57 Å². The molecule has 6 heteroatoms. The molecule has 1 saturated heterocycles. The number of imide groups is 1. The summed E-state index contributed by atoms with van der Waals surface area (Å²) >= 11 is 1.11. The molecule has 0 spiro atoms. The zero-order valence-corrected chi connectivity index (χ0v) is 11.7. The van der Waals surface area contributed by atoms with Gasteiger partial charge in [0.05, 0.1) is 4.75 Å². The number of nitrogens with zero attached hydrogens (tertiary/aromatic N) is 3. The molecule has 0 unspecified atom stereocenters. The summed E-state index contributed by atoms with van der Waals surface area (Å²) < 4.78 is 1.41. The molecule has 5 nitrogen and oxygen atoms in total. The highest BCUT2D eigenvalue weighted by molar-refractivity contribution is 8.16. The van der Waals surface area contributed by atoms with Crippen LogP contribution in [-0.2, 0) is 11.3 Å². The van der Waals surface area contributed by atoms with E-state index < -0.39 is 4.75 Å².